The fourth-order valence-corrected chi connectivity index (χ4v) is 2.48. The molecule has 6 heteroatoms. The first kappa shape index (κ1) is 16.8. The van der Waals surface area contributed by atoms with Gasteiger partial charge in [0.05, 0.1) is 12.6 Å². The summed E-state index contributed by atoms with van der Waals surface area (Å²) in [6.07, 6.45) is 3.48. The highest BCUT2D eigenvalue weighted by Crippen LogP contribution is 2.24. The summed E-state index contributed by atoms with van der Waals surface area (Å²) in [5, 5.41) is 2.90. The van der Waals surface area contributed by atoms with Crippen molar-refractivity contribution < 1.29 is 14.3 Å². The summed E-state index contributed by atoms with van der Waals surface area (Å²) in [6.45, 7) is 5.49. The van der Waals surface area contributed by atoms with Gasteiger partial charge in [0, 0.05) is 13.1 Å². The summed E-state index contributed by atoms with van der Waals surface area (Å²) in [6, 6.07) is -0.0774. The maximum Gasteiger partial charge on any atom is 0.410 e. The van der Waals surface area contributed by atoms with Crippen LogP contribution < -0.4 is 11.1 Å². The molecule has 0 aliphatic heterocycles. The molecule has 0 radical (unpaired) electrons. The van der Waals surface area contributed by atoms with Crippen molar-refractivity contribution in [3.05, 3.63) is 0 Å². The fraction of sp³-hybridized carbons (Fsp3) is 0.857. The van der Waals surface area contributed by atoms with E-state index < -0.39 is 5.60 Å². The van der Waals surface area contributed by atoms with Gasteiger partial charge in [0.2, 0.25) is 5.91 Å². The van der Waals surface area contributed by atoms with E-state index in [1.807, 2.05) is 20.8 Å². The first-order valence-corrected chi connectivity index (χ1v) is 7.20. The molecule has 1 saturated carbocycles. The van der Waals surface area contributed by atoms with E-state index in [1.165, 1.54) is 0 Å². The van der Waals surface area contributed by atoms with E-state index in [2.05, 4.69) is 5.32 Å². The zero-order valence-corrected chi connectivity index (χ0v) is 12.9. The number of ether oxygens (including phenoxy) is 1. The zero-order valence-electron chi connectivity index (χ0n) is 12.9. The van der Waals surface area contributed by atoms with Crippen molar-refractivity contribution in [1.29, 1.82) is 0 Å². The van der Waals surface area contributed by atoms with Crippen LogP contribution in [0.4, 0.5) is 4.79 Å². The first-order valence-electron chi connectivity index (χ1n) is 7.20. The number of nitrogens with two attached hydrogens (primary N) is 1. The highest BCUT2D eigenvalue weighted by Gasteiger charge is 2.33. The van der Waals surface area contributed by atoms with Crippen molar-refractivity contribution in [1.82, 2.24) is 10.2 Å². The van der Waals surface area contributed by atoms with E-state index in [0.29, 0.717) is 0 Å². The smallest absolute Gasteiger partial charge is 0.410 e. The molecule has 2 amide bonds. The number of likely N-dealkylation sites (N-methyl/N-ethyl adjacent to an activating group) is 1. The third-order valence-corrected chi connectivity index (χ3v) is 3.44. The summed E-state index contributed by atoms with van der Waals surface area (Å²) in [5.74, 6) is -0.181. The molecule has 1 fully saturated rings. The largest absolute Gasteiger partial charge is 0.444 e. The second kappa shape index (κ2) is 6.92. The van der Waals surface area contributed by atoms with Gasteiger partial charge in [0.1, 0.15) is 5.60 Å². The average Bonchev–Trinajstić information content (AvgIpc) is 2.36. The lowest BCUT2D eigenvalue weighted by Crippen LogP contribution is -2.55. The van der Waals surface area contributed by atoms with Crippen molar-refractivity contribution >= 4 is 12.0 Å². The lowest BCUT2D eigenvalue weighted by Gasteiger charge is -2.38. The Morgan fingerprint density at radius 1 is 1.30 bits per heavy atom. The number of nitrogens with zero attached hydrogens (tertiary/aromatic N) is 1. The van der Waals surface area contributed by atoms with Crippen LogP contribution in [-0.4, -0.2) is 48.2 Å². The molecule has 0 aromatic carbocycles. The molecule has 1 aliphatic carbocycles. The Morgan fingerprint density at radius 3 is 2.45 bits per heavy atom. The molecule has 6 nitrogen and oxygen atoms in total. The van der Waals surface area contributed by atoms with Crippen LogP contribution in [0.15, 0.2) is 0 Å². The van der Waals surface area contributed by atoms with Crippen molar-refractivity contribution in [3.8, 4) is 0 Å². The Labute approximate surface area is 121 Å². The molecular weight excluding hydrogens is 258 g/mol. The lowest BCUT2D eigenvalue weighted by molar-refractivity contribution is -0.121. The molecule has 0 heterocycles. The van der Waals surface area contributed by atoms with Crippen LogP contribution in [0.3, 0.4) is 0 Å². The van der Waals surface area contributed by atoms with Crippen LogP contribution in [0.1, 0.15) is 46.5 Å². The molecule has 1 aliphatic rings. The molecule has 20 heavy (non-hydrogen) atoms. The van der Waals surface area contributed by atoms with E-state index in [1.54, 1.807) is 11.9 Å². The van der Waals surface area contributed by atoms with Gasteiger partial charge >= 0.3 is 6.09 Å². The maximum absolute atomic E-state index is 12.1. The van der Waals surface area contributed by atoms with E-state index in [9.17, 15) is 9.59 Å². The SMILES string of the molecule is CN(C(=O)OC(C)(C)C)[C@@H]1CCCC[C@H]1NC(=O)CN. The maximum atomic E-state index is 12.1. The molecule has 0 aromatic heterocycles. The topological polar surface area (TPSA) is 84.7 Å². The van der Waals surface area contributed by atoms with Gasteiger partial charge in [-0.25, -0.2) is 4.79 Å². The van der Waals surface area contributed by atoms with Gasteiger partial charge in [-0.1, -0.05) is 12.8 Å². The van der Waals surface area contributed by atoms with E-state index in [-0.39, 0.29) is 30.6 Å². The van der Waals surface area contributed by atoms with Crippen LogP contribution in [0.25, 0.3) is 0 Å². The molecule has 0 unspecified atom stereocenters. The van der Waals surface area contributed by atoms with Gasteiger partial charge in [0.25, 0.3) is 0 Å². The quantitative estimate of drug-likeness (QED) is 0.817. The first-order chi connectivity index (χ1) is 9.24. The van der Waals surface area contributed by atoms with Crippen molar-refractivity contribution in [2.24, 2.45) is 5.73 Å². The summed E-state index contributed by atoms with van der Waals surface area (Å²) in [7, 11) is 1.73. The standard InChI is InChI=1S/C14H27N3O3/c1-14(2,3)20-13(19)17(4)11-8-6-5-7-10(11)16-12(18)9-15/h10-11H,5-9,15H2,1-4H3,(H,16,18)/t10-,11-/m1/s1. The predicted octanol–water partition coefficient (Wildman–Crippen LogP) is 1.24. The number of carbonyl (C=O) groups is 2. The number of rotatable bonds is 3. The highest BCUT2D eigenvalue weighted by molar-refractivity contribution is 5.78. The normalized spacial score (nSPS) is 23.1. The number of amides is 2. The summed E-state index contributed by atoms with van der Waals surface area (Å²) < 4.78 is 5.38. The Morgan fingerprint density at radius 2 is 1.90 bits per heavy atom. The average molecular weight is 285 g/mol. The summed E-state index contributed by atoms with van der Waals surface area (Å²) in [5.41, 5.74) is 4.82. The van der Waals surface area contributed by atoms with Crippen molar-refractivity contribution in [3.63, 3.8) is 0 Å². The van der Waals surface area contributed by atoms with Crippen LogP contribution in [0, 0.1) is 0 Å². The molecule has 0 bridgehead atoms. The molecule has 116 valence electrons. The Hall–Kier alpha value is -1.30. The zero-order chi connectivity index (χ0) is 15.3. The van der Waals surface area contributed by atoms with Crippen LogP contribution >= 0.6 is 0 Å². The van der Waals surface area contributed by atoms with E-state index >= 15 is 0 Å². The Bertz CT molecular complexity index is 352. The molecule has 0 saturated heterocycles. The molecule has 3 N–H and O–H groups in total. The Kier molecular flexibility index (Phi) is 5.80. The van der Waals surface area contributed by atoms with Gasteiger partial charge in [-0.05, 0) is 33.6 Å². The molecule has 0 aromatic rings. The molecule has 2 atom stereocenters. The van der Waals surface area contributed by atoms with Crippen molar-refractivity contribution in [2.45, 2.75) is 64.1 Å². The van der Waals surface area contributed by atoms with Gasteiger partial charge in [-0.3, -0.25) is 4.79 Å². The number of nitrogens with one attached hydrogen (secondary N) is 1. The Balaban J connectivity index is 2.68. The fourth-order valence-electron chi connectivity index (χ4n) is 2.48. The van der Waals surface area contributed by atoms with Crippen LogP contribution in [0.5, 0.6) is 0 Å². The second-order valence-corrected chi connectivity index (χ2v) is 6.32. The third kappa shape index (κ3) is 5.00. The summed E-state index contributed by atoms with van der Waals surface area (Å²) in [4.78, 5) is 25.2. The van der Waals surface area contributed by atoms with Gasteiger partial charge in [-0.15, -0.1) is 0 Å². The minimum atomic E-state index is -0.518. The van der Waals surface area contributed by atoms with Gasteiger partial charge < -0.3 is 20.7 Å². The third-order valence-electron chi connectivity index (χ3n) is 3.44. The van der Waals surface area contributed by atoms with E-state index in [4.69, 9.17) is 10.5 Å². The monoisotopic (exact) mass is 285 g/mol. The molecular formula is C14H27N3O3. The number of hydrogen-bond donors (Lipinski definition) is 2. The van der Waals surface area contributed by atoms with Crippen LogP contribution in [0.2, 0.25) is 0 Å². The minimum Gasteiger partial charge on any atom is -0.444 e. The minimum absolute atomic E-state index is 0.0284. The van der Waals surface area contributed by atoms with Crippen LogP contribution in [-0.2, 0) is 9.53 Å². The number of hydrogen-bond acceptors (Lipinski definition) is 4. The lowest BCUT2D eigenvalue weighted by atomic mass is 9.89. The second-order valence-electron chi connectivity index (χ2n) is 6.32. The van der Waals surface area contributed by atoms with Gasteiger partial charge in [0.15, 0.2) is 0 Å². The molecule has 0 spiro atoms. The van der Waals surface area contributed by atoms with Crippen molar-refractivity contribution in [2.75, 3.05) is 13.6 Å². The molecule has 1 rings (SSSR count). The highest BCUT2D eigenvalue weighted by atomic mass is 16.6. The predicted molar refractivity (Wildman–Crippen MR) is 77.2 cm³/mol. The summed E-state index contributed by atoms with van der Waals surface area (Å²) >= 11 is 0. The number of carbonyl (C=O) groups excluding carboxylic acids is 2. The van der Waals surface area contributed by atoms with E-state index in [0.717, 1.165) is 25.7 Å². The van der Waals surface area contributed by atoms with Gasteiger partial charge in [-0.2, -0.15) is 0 Å².